The Balaban J connectivity index is 1.96. The highest BCUT2D eigenvalue weighted by Gasteiger charge is 2.04. The summed E-state index contributed by atoms with van der Waals surface area (Å²) in [5, 5.41) is 8.15. The van der Waals surface area contributed by atoms with Gasteiger partial charge in [0.2, 0.25) is 0 Å². The standard InChI is InChI=1S/C9H11N5S3/c1-15-8-13-14-9(17-8)16-5-6-2-3-11-7(4-6)12-10/h2-4H,5,10H2,1H3,(H,11,12). The van der Waals surface area contributed by atoms with E-state index in [4.69, 9.17) is 5.84 Å². The lowest BCUT2D eigenvalue weighted by atomic mass is 10.3. The molecule has 0 unspecified atom stereocenters. The number of aromatic nitrogens is 3. The molecule has 2 aromatic rings. The first-order chi connectivity index (χ1) is 8.31. The number of nitrogen functional groups attached to an aromatic ring is 1. The maximum atomic E-state index is 5.30. The van der Waals surface area contributed by atoms with Crippen molar-refractivity contribution in [1.82, 2.24) is 15.2 Å². The van der Waals surface area contributed by atoms with E-state index < -0.39 is 0 Å². The van der Waals surface area contributed by atoms with E-state index in [-0.39, 0.29) is 0 Å². The minimum Gasteiger partial charge on any atom is -0.308 e. The van der Waals surface area contributed by atoms with Crippen molar-refractivity contribution in [3.63, 3.8) is 0 Å². The summed E-state index contributed by atoms with van der Waals surface area (Å²) in [6.07, 6.45) is 3.73. The second kappa shape index (κ2) is 6.20. The molecular weight excluding hydrogens is 274 g/mol. The third-order valence-electron chi connectivity index (χ3n) is 1.90. The fourth-order valence-corrected chi connectivity index (χ4v) is 3.51. The Labute approximate surface area is 112 Å². The summed E-state index contributed by atoms with van der Waals surface area (Å²) in [5.41, 5.74) is 3.68. The van der Waals surface area contributed by atoms with Crippen LogP contribution in [0, 0.1) is 0 Å². The number of nitrogens with one attached hydrogen (secondary N) is 1. The van der Waals surface area contributed by atoms with E-state index in [0.717, 1.165) is 20.0 Å². The Kier molecular flexibility index (Phi) is 4.60. The molecule has 2 aromatic heterocycles. The van der Waals surface area contributed by atoms with Crippen LogP contribution in [0.4, 0.5) is 5.82 Å². The van der Waals surface area contributed by atoms with Crippen LogP contribution in [-0.4, -0.2) is 21.4 Å². The molecule has 0 amide bonds. The second-order valence-corrected chi connectivity index (χ2v) is 6.27. The number of hydrogen-bond donors (Lipinski definition) is 2. The van der Waals surface area contributed by atoms with Crippen LogP contribution in [0.2, 0.25) is 0 Å². The molecule has 0 spiro atoms. The average Bonchev–Trinajstić information content (AvgIpc) is 2.84. The van der Waals surface area contributed by atoms with Gasteiger partial charge in [-0.1, -0.05) is 34.9 Å². The van der Waals surface area contributed by atoms with Gasteiger partial charge in [0.15, 0.2) is 8.68 Å². The lowest BCUT2D eigenvalue weighted by molar-refractivity contribution is 0.955. The second-order valence-electron chi connectivity index (χ2n) is 3.02. The molecule has 8 heteroatoms. The highest BCUT2D eigenvalue weighted by Crippen LogP contribution is 2.29. The number of rotatable bonds is 5. The molecular formula is C9H11N5S3. The number of pyridine rings is 1. The fraction of sp³-hybridized carbons (Fsp3) is 0.222. The van der Waals surface area contributed by atoms with Crippen LogP contribution in [0.3, 0.4) is 0 Å². The molecule has 0 fully saturated rings. The lowest BCUT2D eigenvalue weighted by Crippen LogP contribution is -2.08. The van der Waals surface area contributed by atoms with Crippen molar-refractivity contribution in [3.05, 3.63) is 23.9 Å². The van der Waals surface area contributed by atoms with Crippen molar-refractivity contribution in [3.8, 4) is 0 Å². The van der Waals surface area contributed by atoms with E-state index in [0.29, 0.717) is 5.82 Å². The number of hydrazine groups is 1. The molecule has 0 aliphatic heterocycles. The van der Waals surface area contributed by atoms with Crippen molar-refractivity contribution in [2.75, 3.05) is 11.7 Å². The summed E-state index contributed by atoms with van der Waals surface area (Å²) < 4.78 is 1.97. The SMILES string of the molecule is CSc1nnc(SCc2ccnc(NN)c2)s1. The highest BCUT2D eigenvalue weighted by molar-refractivity contribution is 8.02. The van der Waals surface area contributed by atoms with Gasteiger partial charge < -0.3 is 5.43 Å². The van der Waals surface area contributed by atoms with Gasteiger partial charge in [-0.15, -0.1) is 10.2 Å². The number of thioether (sulfide) groups is 2. The Morgan fingerprint density at radius 1 is 1.41 bits per heavy atom. The summed E-state index contributed by atoms with van der Waals surface area (Å²) >= 11 is 4.89. The van der Waals surface area contributed by atoms with Gasteiger partial charge >= 0.3 is 0 Å². The first-order valence-corrected chi connectivity index (χ1v) is 7.76. The molecule has 2 heterocycles. The van der Waals surface area contributed by atoms with E-state index in [1.807, 2.05) is 18.4 Å². The Bertz CT molecular complexity index is 487. The third kappa shape index (κ3) is 3.56. The van der Waals surface area contributed by atoms with Gasteiger partial charge in [0.1, 0.15) is 5.82 Å². The van der Waals surface area contributed by atoms with Crippen molar-refractivity contribution in [2.24, 2.45) is 5.84 Å². The molecule has 3 N–H and O–H groups in total. The molecule has 2 rings (SSSR count). The van der Waals surface area contributed by atoms with Gasteiger partial charge in [0.05, 0.1) is 0 Å². The molecule has 90 valence electrons. The smallest absolute Gasteiger partial charge is 0.175 e. The molecule has 0 bridgehead atoms. The summed E-state index contributed by atoms with van der Waals surface area (Å²) in [4.78, 5) is 4.06. The predicted molar refractivity (Wildman–Crippen MR) is 73.3 cm³/mol. The molecule has 17 heavy (non-hydrogen) atoms. The van der Waals surface area contributed by atoms with Crippen molar-refractivity contribution >= 4 is 40.7 Å². The van der Waals surface area contributed by atoms with E-state index in [1.165, 1.54) is 0 Å². The zero-order valence-corrected chi connectivity index (χ0v) is 11.5. The van der Waals surface area contributed by atoms with E-state index in [2.05, 4.69) is 20.6 Å². The van der Waals surface area contributed by atoms with Gasteiger partial charge in [-0.05, 0) is 24.0 Å². The fourth-order valence-electron chi connectivity index (χ4n) is 1.13. The monoisotopic (exact) mass is 285 g/mol. The first-order valence-electron chi connectivity index (χ1n) is 4.73. The van der Waals surface area contributed by atoms with Crippen LogP contribution >= 0.6 is 34.9 Å². The summed E-state index contributed by atoms with van der Waals surface area (Å²) in [5.74, 6) is 6.81. The number of hydrogen-bond acceptors (Lipinski definition) is 8. The number of anilines is 1. The van der Waals surface area contributed by atoms with Crippen molar-refractivity contribution < 1.29 is 0 Å². The first kappa shape index (κ1) is 12.6. The lowest BCUT2D eigenvalue weighted by Gasteiger charge is -2.01. The number of nitrogens with two attached hydrogens (primary N) is 1. The van der Waals surface area contributed by atoms with Crippen LogP contribution in [-0.2, 0) is 5.75 Å². The highest BCUT2D eigenvalue weighted by atomic mass is 32.2. The summed E-state index contributed by atoms with van der Waals surface area (Å²) in [7, 11) is 0. The van der Waals surface area contributed by atoms with Gasteiger partial charge in [-0.2, -0.15) is 0 Å². The summed E-state index contributed by atoms with van der Waals surface area (Å²) in [6.45, 7) is 0. The van der Waals surface area contributed by atoms with E-state index in [9.17, 15) is 0 Å². The van der Waals surface area contributed by atoms with Crippen LogP contribution in [0.5, 0.6) is 0 Å². The molecule has 0 atom stereocenters. The van der Waals surface area contributed by atoms with Crippen LogP contribution < -0.4 is 11.3 Å². The Morgan fingerprint density at radius 2 is 2.24 bits per heavy atom. The van der Waals surface area contributed by atoms with Gasteiger partial charge in [-0.25, -0.2) is 10.8 Å². The molecule has 5 nitrogen and oxygen atoms in total. The zero-order chi connectivity index (χ0) is 12.1. The topological polar surface area (TPSA) is 76.7 Å². The third-order valence-corrected chi connectivity index (χ3v) is 5.00. The summed E-state index contributed by atoms with van der Waals surface area (Å²) in [6, 6.07) is 3.88. The van der Waals surface area contributed by atoms with Gasteiger partial charge in [0, 0.05) is 11.9 Å². The maximum absolute atomic E-state index is 5.30. The van der Waals surface area contributed by atoms with E-state index >= 15 is 0 Å². The largest absolute Gasteiger partial charge is 0.308 e. The van der Waals surface area contributed by atoms with Crippen molar-refractivity contribution in [2.45, 2.75) is 14.4 Å². The molecule has 0 aliphatic carbocycles. The number of nitrogens with zero attached hydrogens (tertiary/aromatic N) is 3. The minimum atomic E-state index is 0.671. The van der Waals surface area contributed by atoms with Gasteiger partial charge in [0.25, 0.3) is 0 Å². The van der Waals surface area contributed by atoms with Gasteiger partial charge in [-0.3, -0.25) is 0 Å². The molecule has 0 aliphatic rings. The van der Waals surface area contributed by atoms with E-state index in [1.54, 1.807) is 41.1 Å². The van der Waals surface area contributed by atoms with Crippen LogP contribution in [0.15, 0.2) is 27.0 Å². The molecule has 0 saturated heterocycles. The molecule has 0 radical (unpaired) electrons. The Hall–Kier alpha value is -0.830. The quantitative estimate of drug-likeness (QED) is 0.495. The maximum Gasteiger partial charge on any atom is 0.175 e. The van der Waals surface area contributed by atoms with Crippen LogP contribution in [0.25, 0.3) is 0 Å². The van der Waals surface area contributed by atoms with Crippen molar-refractivity contribution in [1.29, 1.82) is 0 Å². The average molecular weight is 285 g/mol. The van der Waals surface area contributed by atoms with Crippen LogP contribution in [0.1, 0.15) is 5.56 Å². The normalized spacial score (nSPS) is 10.5. The molecule has 0 aromatic carbocycles. The predicted octanol–water partition coefficient (Wildman–Crippen LogP) is 2.23. The Morgan fingerprint density at radius 3 is 2.94 bits per heavy atom. The molecule has 0 saturated carbocycles. The minimum absolute atomic E-state index is 0.671. The zero-order valence-electron chi connectivity index (χ0n) is 9.08.